The second kappa shape index (κ2) is 8.76. The van der Waals surface area contributed by atoms with Crippen molar-refractivity contribution in [2.75, 3.05) is 13.2 Å². The summed E-state index contributed by atoms with van der Waals surface area (Å²) in [6.45, 7) is -10.9. The number of nitrogens with one attached hydrogen (secondary N) is 1. The second-order valence-electron chi connectivity index (χ2n) is 5.61. The van der Waals surface area contributed by atoms with Crippen molar-refractivity contribution in [1.29, 1.82) is 0 Å². The number of β-amino-alcohol motifs (C(OH)–C–C–N with tert-alkyl or cyclic N) is 1. The van der Waals surface area contributed by atoms with Gasteiger partial charge in [-0.25, -0.2) is 0 Å². The molecule has 0 aromatic heterocycles. The van der Waals surface area contributed by atoms with Gasteiger partial charge in [0, 0.05) is 24.4 Å². The molecule has 22 heavy (non-hydrogen) atoms. The summed E-state index contributed by atoms with van der Waals surface area (Å²) in [5.41, 5.74) is -2.13. The van der Waals surface area contributed by atoms with Crippen molar-refractivity contribution in [2.45, 2.75) is 63.8 Å². The van der Waals surface area contributed by atoms with Crippen molar-refractivity contribution in [3.8, 4) is 5.75 Å². The van der Waals surface area contributed by atoms with Crippen molar-refractivity contribution >= 4 is 12.4 Å². The number of halogens is 1. The molecule has 1 atom stereocenters. The molecule has 0 radical (unpaired) electrons. The van der Waals surface area contributed by atoms with Crippen LogP contribution >= 0.6 is 12.4 Å². The molecule has 0 spiro atoms. The zero-order valence-corrected chi connectivity index (χ0v) is 13.3. The number of rotatable bonds is 6. The Kier molecular flexibility index (Phi) is 3.78. The average molecular weight is 337 g/mol. The fraction of sp³-hybridized carbons (Fsp3) is 0.667. The van der Waals surface area contributed by atoms with E-state index in [0.29, 0.717) is 11.7 Å². The van der Waals surface area contributed by atoms with Crippen LogP contribution < -0.4 is 10.1 Å². The third kappa shape index (κ3) is 6.15. The van der Waals surface area contributed by atoms with Gasteiger partial charge in [0.1, 0.15) is 18.5 Å². The average Bonchev–Trinajstić information content (AvgIpc) is 3.11. The molecule has 1 aromatic rings. The Bertz CT molecular complexity index is 664. The minimum atomic E-state index is -3.36. The Morgan fingerprint density at radius 1 is 1.32 bits per heavy atom. The van der Waals surface area contributed by atoms with Gasteiger partial charge in [-0.1, -0.05) is 31.0 Å². The summed E-state index contributed by atoms with van der Waals surface area (Å²) < 4.78 is 74.0. The highest BCUT2D eigenvalue weighted by atomic mass is 35.5. The molecule has 1 aromatic carbocycles. The lowest BCUT2D eigenvalue weighted by Gasteiger charge is -2.23. The number of para-hydroxylation sites is 1. The molecule has 1 aliphatic rings. The third-order valence-corrected chi connectivity index (χ3v) is 3.75. The molecule has 2 N–H and O–H groups in total. The zero-order valence-electron chi connectivity index (χ0n) is 21.5. The van der Waals surface area contributed by atoms with E-state index in [2.05, 4.69) is 5.32 Å². The van der Waals surface area contributed by atoms with Crippen LogP contribution in [0.1, 0.15) is 70.1 Å². The number of aliphatic hydroxyl groups excluding tert-OH is 1. The molecule has 2 rings (SSSR count). The van der Waals surface area contributed by atoms with Crippen molar-refractivity contribution in [2.24, 2.45) is 0 Å². The van der Waals surface area contributed by atoms with Crippen LogP contribution in [-0.4, -0.2) is 29.9 Å². The highest BCUT2D eigenvalue weighted by molar-refractivity contribution is 5.85. The normalized spacial score (nSPS) is 24.9. The first-order valence-corrected chi connectivity index (χ1v) is 7.35. The summed E-state index contributed by atoms with van der Waals surface area (Å²) in [5.74, 6) is 0.989. The molecule has 1 unspecified atom stereocenters. The minimum absolute atomic E-state index is 0. The number of ether oxygens (including phenoxy) is 1. The Hall–Kier alpha value is -0.770. The van der Waals surface area contributed by atoms with E-state index in [1.54, 1.807) is 12.1 Å². The summed E-state index contributed by atoms with van der Waals surface area (Å²) in [5, 5.41) is 12.4. The molecular weight excluding hydrogens is 298 g/mol. The van der Waals surface area contributed by atoms with Gasteiger partial charge in [0.05, 0.1) is 0 Å². The molecule has 3 nitrogen and oxygen atoms in total. The first kappa shape index (κ1) is 9.51. The maximum Gasteiger partial charge on any atom is 0.122 e. The van der Waals surface area contributed by atoms with Gasteiger partial charge in [-0.2, -0.15) is 0 Å². The van der Waals surface area contributed by atoms with E-state index in [0.717, 1.165) is 31.2 Å². The predicted molar refractivity (Wildman–Crippen MR) is 94.2 cm³/mol. The molecular formula is C18H30ClNO2. The Labute approximate surface area is 153 Å². The van der Waals surface area contributed by atoms with E-state index in [4.69, 9.17) is 17.1 Å². The molecule has 0 saturated heterocycles. The van der Waals surface area contributed by atoms with Crippen LogP contribution in [0.2, 0.25) is 0 Å². The number of benzene rings is 1. The summed E-state index contributed by atoms with van der Waals surface area (Å²) in [4.78, 5) is 0. The van der Waals surface area contributed by atoms with E-state index in [9.17, 15) is 5.11 Å². The fourth-order valence-corrected chi connectivity index (χ4v) is 2.70. The van der Waals surface area contributed by atoms with Gasteiger partial charge >= 0.3 is 0 Å². The van der Waals surface area contributed by atoms with Crippen molar-refractivity contribution in [3.05, 3.63) is 29.8 Å². The number of hydrogen-bond acceptors (Lipinski definition) is 3. The molecule has 126 valence electrons. The van der Waals surface area contributed by atoms with Crippen LogP contribution in [-0.2, 0) is 0 Å². The standard InChI is InChI=1S/C18H29NO2.ClH/c1-18(2,3)19-12-15(20)13-21-17-11-7-6-10-16(17)14-8-4-5-9-14;/h6-7,10-11,14-15,19-20H,4-5,8-9,12-13H2,1-3H3;1H/i1D3,2D3,3D3;. The summed E-state index contributed by atoms with van der Waals surface area (Å²) >= 11 is 0. The third-order valence-electron chi connectivity index (χ3n) is 3.75. The van der Waals surface area contributed by atoms with Gasteiger partial charge in [-0.3, -0.25) is 0 Å². The van der Waals surface area contributed by atoms with Crippen LogP contribution in [0, 0.1) is 0 Å². The van der Waals surface area contributed by atoms with Gasteiger partial charge in [0.2, 0.25) is 0 Å². The topological polar surface area (TPSA) is 41.5 Å². The zero-order chi connectivity index (χ0) is 22.8. The Morgan fingerprint density at radius 3 is 2.68 bits per heavy atom. The highest BCUT2D eigenvalue weighted by Crippen LogP contribution is 2.38. The number of hydrogen-bond donors (Lipinski definition) is 2. The van der Waals surface area contributed by atoms with E-state index < -0.39 is 38.7 Å². The van der Waals surface area contributed by atoms with E-state index >= 15 is 0 Å². The minimum Gasteiger partial charge on any atom is -0.491 e. The molecule has 0 amide bonds. The summed E-state index contributed by atoms with van der Waals surface area (Å²) in [7, 11) is 0. The van der Waals surface area contributed by atoms with Gasteiger partial charge in [0.25, 0.3) is 0 Å². The van der Waals surface area contributed by atoms with Crippen molar-refractivity contribution < 1.29 is 22.2 Å². The van der Waals surface area contributed by atoms with Crippen LogP contribution in [0.5, 0.6) is 5.75 Å². The van der Waals surface area contributed by atoms with E-state index in [1.165, 1.54) is 0 Å². The van der Waals surface area contributed by atoms with Crippen molar-refractivity contribution in [1.82, 2.24) is 5.32 Å². The lowest BCUT2D eigenvalue weighted by molar-refractivity contribution is 0.0993. The lowest BCUT2D eigenvalue weighted by Crippen LogP contribution is -2.42. The number of aliphatic hydroxyl groups is 1. The first-order chi connectivity index (χ1) is 13.7. The van der Waals surface area contributed by atoms with Gasteiger partial charge in [-0.05, 0) is 50.9 Å². The maximum atomic E-state index is 10.3. The van der Waals surface area contributed by atoms with Gasteiger partial charge < -0.3 is 15.2 Å². The quantitative estimate of drug-likeness (QED) is 0.828. The predicted octanol–water partition coefficient (Wildman–Crippen LogP) is 3.89. The van der Waals surface area contributed by atoms with Crippen LogP contribution in [0.15, 0.2) is 24.3 Å². The molecule has 0 aliphatic heterocycles. The molecule has 1 aliphatic carbocycles. The van der Waals surface area contributed by atoms with E-state index in [-0.39, 0.29) is 19.0 Å². The lowest BCUT2D eigenvalue weighted by atomic mass is 9.97. The smallest absolute Gasteiger partial charge is 0.122 e. The van der Waals surface area contributed by atoms with Gasteiger partial charge in [-0.15, -0.1) is 12.4 Å². The monoisotopic (exact) mass is 336 g/mol. The summed E-state index contributed by atoms with van der Waals surface area (Å²) in [6.07, 6.45) is 3.10. The summed E-state index contributed by atoms with van der Waals surface area (Å²) in [6, 6.07) is 7.47. The van der Waals surface area contributed by atoms with E-state index in [1.807, 2.05) is 12.1 Å². The first-order valence-electron chi connectivity index (χ1n) is 11.9. The molecule has 1 saturated carbocycles. The fourth-order valence-electron chi connectivity index (χ4n) is 2.70. The van der Waals surface area contributed by atoms with Crippen LogP contribution in [0.25, 0.3) is 0 Å². The Morgan fingerprint density at radius 2 is 2.00 bits per heavy atom. The molecule has 1 fully saturated rings. The van der Waals surface area contributed by atoms with Crippen LogP contribution in [0.4, 0.5) is 0 Å². The largest absolute Gasteiger partial charge is 0.491 e. The van der Waals surface area contributed by atoms with Gasteiger partial charge in [0.15, 0.2) is 0 Å². The van der Waals surface area contributed by atoms with Crippen molar-refractivity contribution in [3.63, 3.8) is 0 Å². The second-order valence-corrected chi connectivity index (χ2v) is 5.61. The SMILES string of the molecule is Cl.[2H]C([2H])([2H])C(NCC(O)COc1ccccc1C1CCCC1)(C([2H])([2H])[2H])C([2H])([2H])[2H]. The Balaban J connectivity index is 0.00000480. The molecule has 0 heterocycles. The molecule has 4 heteroatoms. The van der Waals surface area contributed by atoms with Crippen LogP contribution in [0.3, 0.4) is 0 Å². The molecule has 0 bridgehead atoms. The highest BCUT2D eigenvalue weighted by Gasteiger charge is 2.20. The maximum absolute atomic E-state index is 10.3.